The third-order valence-electron chi connectivity index (χ3n) is 2.72. The fraction of sp³-hybridized carbons (Fsp3) is 0.385. The average molecular weight is 280 g/mol. The molecule has 1 aliphatic heterocycles. The molecule has 0 fully saturated rings. The lowest BCUT2D eigenvalue weighted by Gasteiger charge is -2.23. The number of hydrogen-bond donors (Lipinski definition) is 1. The van der Waals surface area contributed by atoms with Crippen molar-refractivity contribution >= 4 is 22.9 Å². The van der Waals surface area contributed by atoms with Crippen LogP contribution in [0.25, 0.3) is 0 Å². The van der Waals surface area contributed by atoms with Crippen molar-refractivity contribution in [2.24, 2.45) is 4.99 Å². The number of aliphatic imine (C=N–C) groups is 1. The zero-order valence-electron chi connectivity index (χ0n) is 11.1. The molecule has 19 heavy (non-hydrogen) atoms. The predicted molar refractivity (Wildman–Crippen MR) is 74.9 cm³/mol. The number of hydrogen-bond acceptors (Lipinski definition) is 6. The molecular weight excluding hydrogens is 264 g/mol. The summed E-state index contributed by atoms with van der Waals surface area (Å²) < 4.78 is 10.5. The van der Waals surface area contributed by atoms with Crippen molar-refractivity contribution in [1.29, 1.82) is 0 Å². The number of esters is 1. The Morgan fingerprint density at radius 3 is 3.00 bits per heavy atom. The number of thioether (sulfide) groups is 1. The first kappa shape index (κ1) is 13.7. The Balaban J connectivity index is 2.40. The molecule has 1 unspecified atom stereocenters. The van der Waals surface area contributed by atoms with E-state index in [1.807, 2.05) is 19.2 Å². The van der Waals surface area contributed by atoms with Gasteiger partial charge in [-0.25, -0.2) is 9.79 Å². The summed E-state index contributed by atoms with van der Waals surface area (Å²) in [4.78, 5) is 16.6. The quantitative estimate of drug-likeness (QED) is 0.862. The van der Waals surface area contributed by atoms with Crippen LogP contribution in [0.5, 0.6) is 0 Å². The van der Waals surface area contributed by atoms with Gasteiger partial charge >= 0.3 is 5.97 Å². The fourth-order valence-electron chi connectivity index (χ4n) is 1.88. The van der Waals surface area contributed by atoms with Crippen LogP contribution in [0, 0.1) is 0 Å². The third kappa shape index (κ3) is 2.84. The van der Waals surface area contributed by atoms with E-state index in [9.17, 15) is 4.79 Å². The zero-order valence-corrected chi connectivity index (χ0v) is 11.9. The summed E-state index contributed by atoms with van der Waals surface area (Å²) >= 11 is 1.49. The molecule has 0 saturated heterocycles. The Morgan fingerprint density at radius 1 is 1.63 bits per heavy atom. The Kier molecular flexibility index (Phi) is 4.31. The van der Waals surface area contributed by atoms with Crippen molar-refractivity contribution in [2.75, 3.05) is 12.9 Å². The number of ether oxygens (including phenoxy) is 1. The highest BCUT2D eigenvalue weighted by Gasteiger charge is 2.31. The average Bonchev–Trinajstić information content (AvgIpc) is 2.91. The van der Waals surface area contributed by atoms with E-state index in [2.05, 4.69) is 10.3 Å². The number of furan rings is 1. The van der Waals surface area contributed by atoms with Gasteiger partial charge in [0, 0.05) is 5.70 Å². The summed E-state index contributed by atoms with van der Waals surface area (Å²) in [6, 6.07) is 3.14. The SMILES string of the molecule is CCOC(=O)C1=C(C)NC(SC)=NC1c1ccco1. The van der Waals surface area contributed by atoms with Crippen molar-refractivity contribution in [3.8, 4) is 0 Å². The third-order valence-corrected chi connectivity index (χ3v) is 3.31. The molecule has 102 valence electrons. The van der Waals surface area contributed by atoms with Crippen LogP contribution in [-0.2, 0) is 9.53 Å². The van der Waals surface area contributed by atoms with Gasteiger partial charge in [0.2, 0.25) is 0 Å². The standard InChI is InChI=1S/C13H16N2O3S/c1-4-17-12(16)10-8(2)14-13(19-3)15-11(10)9-6-5-7-18-9/h5-7,11H,4H2,1-3H3,(H,14,15). The molecule has 0 amide bonds. The van der Waals surface area contributed by atoms with E-state index >= 15 is 0 Å². The zero-order chi connectivity index (χ0) is 13.8. The lowest BCUT2D eigenvalue weighted by Crippen LogP contribution is -2.30. The molecule has 0 radical (unpaired) electrons. The summed E-state index contributed by atoms with van der Waals surface area (Å²) in [5.74, 6) is 0.272. The maximum absolute atomic E-state index is 12.1. The molecular formula is C13H16N2O3S. The van der Waals surface area contributed by atoms with Gasteiger partial charge in [-0.15, -0.1) is 0 Å². The summed E-state index contributed by atoms with van der Waals surface area (Å²) in [6.45, 7) is 3.95. The highest BCUT2D eigenvalue weighted by Crippen LogP contribution is 2.32. The molecule has 1 aliphatic rings. The van der Waals surface area contributed by atoms with Crippen LogP contribution in [0.2, 0.25) is 0 Å². The molecule has 1 aromatic rings. The van der Waals surface area contributed by atoms with Gasteiger partial charge in [0.1, 0.15) is 11.8 Å². The molecule has 0 saturated carbocycles. The first-order valence-corrected chi connectivity index (χ1v) is 7.20. The second-order valence-electron chi connectivity index (χ2n) is 3.94. The van der Waals surface area contributed by atoms with Crippen molar-refractivity contribution in [2.45, 2.75) is 19.9 Å². The van der Waals surface area contributed by atoms with Gasteiger partial charge in [-0.05, 0) is 32.2 Å². The van der Waals surface area contributed by atoms with Gasteiger partial charge in [-0.2, -0.15) is 0 Å². The van der Waals surface area contributed by atoms with Crippen LogP contribution in [0.1, 0.15) is 25.6 Å². The predicted octanol–water partition coefficient (Wildman–Crippen LogP) is 2.48. The van der Waals surface area contributed by atoms with E-state index in [4.69, 9.17) is 9.15 Å². The normalized spacial score (nSPS) is 18.9. The fourth-order valence-corrected chi connectivity index (χ4v) is 2.34. The number of rotatable bonds is 3. The van der Waals surface area contributed by atoms with Crippen molar-refractivity contribution < 1.29 is 13.9 Å². The first-order valence-electron chi connectivity index (χ1n) is 5.97. The Bertz CT molecular complexity index is 520. The number of amidine groups is 1. The molecule has 1 aromatic heterocycles. The van der Waals surface area contributed by atoms with Gasteiger partial charge in [-0.3, -0.25) is 0 Å². The Morgan fingerprint density at radius 2 is 2.42 bits per heavy atom. The largest absolute Gasteiger partial charge is 0.467 e. The summed E-state index contributed by atoms with van der Waals surface area (Å²) in [5, 5.41) is 3.85. The Hall–Kier alpha value is -1.69. The van der Waals surface area contributed by atoms with Crippen LogP contribution in [0.3, 0.4) is 0 Å². The molecule has 5 nitrogen and oxygen atoms in total. The van der Waals surface area contributed by atoms with Crippen molar-refractivity contribution in [1.82, 2.24) is 5.32 Å². The van der Waals surface area contributed by atoms with Crippen molar-refractivity contribution in [3.63, 3.8) is 0 Å². The van der Waals surface area contributed by atoms with Crippen LogP contribution < -0.4 is 5.32 Å². The molecule has 0 bridgehead atoms. The smallest absolute Gasteiger partial charge is 0.338 e. The molecule has 0 aromatic carbocycles. The van der Waals surface area contributed by atoms with E-state index in [1.165, 1.54) is 11.8 Å². The van der Waals surface area contributed by atoms with Crippen LogP contribution in [-0.4, -0.2) is 24.0 Å². The minimum absolute atomic E-state index is 0.333. The van der Waals surface area contributed by atoms with Crippen LogP contribution in [0.15, 0.2) is 39.1 Å². The first-order chi connectivity index (χ1) is 9.17. The lowest BCUT2D eigenvalue weighted by atomic mass is 10.0. The molecule has 1 atom stereocenters. The van der Waals surface area contributed by atoms with Gasteiger partial charge in [0.15, 0.2) is 5.17 Å². The van der Waals surface area contributed by atoms with E-state index < -0.39 is 6.04 Å². The molecule has 1 N–H and O–H groups in total. The van der Waals surface area contributed by atoms with E-state index in [0.29, 0.717) is 17.9 Å². The number of nitrogens with one attached hydrogen (secondary N) is 1. The molecule has 2 rings (SSSR count). The summed E-state index contributed by atoms with van der Waals surface area (Å²) in [7, 11) is 0. The summed E-state index contributed by atoms with van der Waals surface area (Å²) in [5.41, 5.74) is 1.24. The van der Waals surface area contributed by atoms with Gasteiger partial charge < -0.3 is 14.5 Å². The number of nitrogens with zero attached hydrogens (tertiary/aromatic N) is 1. The van der Waals surface area contributed by atoms with E-state index in [-0.39, 0.29) is 5.97 Å². The maximum Gasteiger partial charge on any atom is 0.338 e. The van der Waals surface area contributed by atoms with E-state index in [0.717, 1.165) is 10.9 Å². The second kappa shape index (κ2) is 5.97. The van der Waals surface area contributed by atoms with Gasteiger partial charge in [0.25, 0.3) is 0 Å². The highest BCUT2D eigenvalue weighted by atomic mass is 32.2. The Labute approximate surface area is 116 Å². The lowest BCUT2D eigenvalue weighted by molar-refractivity contribution is -0.139. The number of carbonyl (C=O) groups is 1. The van der Waals surface area contributed by atoms with Crippen LogP contribution in [0.4, 0.5) is 0 Å². The molecule has 2 heterocycles. The topological polar surface area (TPSA) is 63.8 Å². The molecule has 0 aliphatic carbocycles. The van der Waals surface area contributed by atoms with Gasteiger partial charge in [0.05, 0.1) is 18.4 Å². The molecule has 0 spiro atoms. The monoisotopic (exact) mass is 280 g/mol. The summed E-state index contributed by atoms with van der Waals surface area (Å²) in [6.07, 6.45) is 3.50. The van der Waals surface area contributed by atoms with Gasteiger partial charge in [-0.1, -0.05) is 11.8 Å². The molecule has 6 heteroatoms. The number of carbonyl (C=O) groups excluding carboxylic acids is 1. The highest BCUT2D eigenvalue weighted by molar-refractivity contribution is 8.13. The maximum atomic E-state index is 12.1. The van der Waals surface area contributed by atoms with Crippen LogP contribution >= 0.6 is 11.8 Å². The number of allylic oxidation sites excluding steroid dienone is 1. The minimum atomic E-state index is -0.447. The second-order valence-corrected chi connectivity index (χ2v) is 4.74. The van der Waals surface area contributed by atoms with Crippen molar-refractivity contribution in [3.05, 3.63) is 35.4 Å². The minimum Gasteiger partial charge on any atom is -0.467 e. The van der Waals surface area contributed by atoms with E-state index in [1.54, 1.807) is 19.3 Å².